The van der Waals surface area contributed by atoms with Gasteiger partial charge in [0.05, 0.1) is 11.6 Å². The van der Waals surface area contributed by atoms with E-state index in [0.29, 0.717) is 16.6 Å². The first-order chi connectivity index (χ1) is 8.56. The second kappa shape index (κ2) is 7.41. The molecule has 3 heteroatoms. The highest BCUT2D eigenvalue weighted by Gasteiger charge is 2.08. The van der Waals surface area contributed by atoms with Crippen LogP contribution in [0.25, 0.3) is 0 Å². The zero-order valence-electron chi connectivity index (χ0n) is 11.3. The van der Waals surface area contributed by atoms with E-state index >= 15 is 0 Å². The third-order valence-electron chi connectivity index (χ3n) is 3.28. The molecule has 0 aromatic heterocycles. The third-order valence-corrected chi connectivity index (χ3v) is 3.63. The summed E-state index contributed by atoms with van der Waals surface area (Å²) >= 11 is 6.13. The first kappa shape index (κ1) is 15.0. The van der Waals surface area contributed by atoms with Crippen LogP contribution in [0.4, 0.5) is 0 Å². The Morgan fingerprint density at radius 1 is 1.39 bits per heavy atom. The summed E-state index contributed by atoms with van der Waals surface area (Å²) in [5.41, 5.74) is 1.66. The summed E-state index contributed by atoms with van der Waals surface area (Å²) in [5.74, 6) is 0.740. The zero-order chi connectivity index (χ0) is 13.5. The molecule has 0 heterocycles. The molecule has 0 aliphatic rings. The quantitative estimate of drug-likeness (QED) is 0.839. The van der Waals surface area contributed by atoms with Crippen LogP contribution in [0.5, 0.6) is 0 Å². The van der Waals surface area contributed by atoms with E-state index < -0.39 is 0 Å². The Balaban J connectivity index is 2.51. The van der Waals surface area contributed by atoms with Gasteiger partial charge in [0.25, 0.3) is 0 Å². The van der Waals surface area contributed by atoms with Crippen LogP contribution < -0.4 is 5.32 Å². The summed E-state index contributed by atoms with van der Waals surface area (Å²) in [6, 6.07) is 8.02. The topological polar surface area (TPSA) is 35.8 Å². The predicted molar refractivity (Wildman–Crippen MR) is 76.5 cm³/mol. The average molecular weight is 265 g/mol. The van der Waals surface area contributed by atoms with Crippen LogP contribution in [0.1, 0.15) is 44.7 Å². The van der Waals surface area contributed by atoms with Crippen molar-refractivity contribution in [2.24, 2.45) is 5.92 Å². The minimum Gasteiger partial charge on any atom is -0.310 e. The fraction of sp³-hybridized carbons (Fsp3) is 0.533. The molecule has 1 aromatic rings. The molecule has 1 N–H and O–H groups in total. The van der Waals surface area contributed by atoms with Crippen LogP contribution in [0, 0.1) is 17.2 Å². The normalized spacial score (nSPS) is 13.9. The Morgan fingerprint density at radius 2 is 2.11 bits per heavy atom. The van der Waals surface area contributed by atoms with E-state index in [-0.39, 0.29) is 0 Å². The molecule has 2 unspecified atom stereocenters. The highest BCUT2D eigenvalue weighted by atomic mass is 35.5. The van der Waals surface area contributed by atoms with E-state index in [1.165, 1.54) is 12.8 Å². The van der Waals surface area contributed by atoms with Crippen molar-refractivity contribution in [3.63, 3.8) is 0 Å². The third kappa shape index (κ3) is 4.68. The fourth-order valence-electron chi connectivity index (χ4n) is 1.90. The maximum absolute atomic E-state index is 8.77. The van der Waals surface area contributed by atoms with Crippen molar-refractivity contribution in [1.82, 2.24) is 5.32 Å². The molecule has 0 aliphatic heterocycles. The minimum atomic E-state index is 0.478. The average Bonchev–Trinajstić information content (AvgIpc) is 2.36. The molecule has 0 bridgehead atoms. The van der Waals surface area contributed by atoms with Gasteiger partial charge in [-0.1, -0.05) is 37.9 Å². The molecule has 0 fully saturated rings. The van der Waals surface area contributed by atoms with Crippen molar-refractivity contribution < 1.29 is 0 Å². The number of nitriles is 1. The number of nitrogens with zero attached hydrogens (tertiary/aromatic N) is 1. The van der Waals surface area contributed by atoms with Crippen LogP contribution in [-0.2, 0) is 6.54 Å². The molecule has 0 saturated carbocycles. The van der Waals surface area contributed by atoms with Gasteiger partial charge in [-0.2, -0.15) is 5.26 Å². The van der Waals surface area contributed by atoms with E-state index in [1.54, 1.807) is 6.07 Å². The number of nitrogens with one attached hydrogen (secondary N) is 1. The lowest BCUT2D eigenvalue weighted by molar-refractivity contribution is 0.412. The number of benzene rings is 1. The van der Waals surface area contributed by atoms with Gasteiger partial charge in [-0.05, 0) is 37.0 Å². The number of rotatable bonds is 6. The smallest absolute Gasteiger partial charge is 0.0992 e. The Morgan fingerprint density at radius 3 is 2.67 bits per heavy atom. The molecule has 98 valence electrons. The lowest BCUT2D eigenvalue weighted by Crippen LogP contribution is -2.27. The van der Waals surface area contributed by atoms with Crippen LogP contribution in [-0.4, -0.2) is 6.04 Å². The number of hydrogen-bond acceptors (Lipinski definition) is 2. The van der Waals surface area contributed by atoms with E-state index in [0.717, 1.165) is 18.0 Å². The molecular formula is C15H21ClN2. The van der Waals surface area contributed by atoms with Gasteiger partial charge >= 0.3 is 0 Å². The second-order valence-electron chi connectivity index (χ2n) is 4.95. The van der Waals surface area contributed by atoms with E-state index in [1.807, 2.05) is 12.1 Å². The molecule has 0 amide bonds. The summed E-state index contributed by atoms with van der Waals surface area (Å²) in [5, 5.41) is 12.9. The highest BCUT2D eigenvalue weighted by Crippen LogP contribution is 2.18. The molecule has 0 saturated heterocycles. The Kier molecular flexibility index (Phi) is 6.18. The number of hydrogen-bond donors (Lipinski definition) is 1. The largest absolute Gasteiger partial charge is 0.310 e. The molecule has 1 aromatic carbocycles. The molecule has 18 heavy (non-hydrogen) atoms. The lowest BCUT2D eigenvalue weighted by atomic mass is 10.0. The van der Waals surface area contributed by atoms with Gasteiger partial charge in [0.2, 0.25) is 0 Å². The van der Waals surface area contributed by atoms with Crippen LogP contribution >= 0.6 is 11.6 Å². The van der Waals surface area contributed by atoms with Crippen molar-refractivity contribution in [2.45, 2.75) is 46.2 Å². The van der Waals surface area contributed by atoms with Gasteiger partial charge in [0.1, 0.15) is 0 Å². The molecule has 0 radical (unpaired) electrons. The SMILES string of the molecule is CCC(C)CC(C)NCc1ccc(C#N)cc1Cl. The summed E-state index contributed by atoms with van der Waals surface area (Å²) in [6.45, 7) is 7.44. The number of halogens is 1. The summed E-state index contributed by atoms with van der Waals surface area (Å²) in [6.07, 6.45) is 2.38. The molecule has 1 rings (SSSR count). The zero-order valence-corrected chi connectivity index (χ0v) is 12.1. The van der Waals surface area contributed by atoms with Crippen molar-refractivity contribution in [2.75, 3.05) is 0 Å². The first-order valence-corrected chi connectivity index (χ1v) is 6.86. The maximum atomic E-state index is 8.77. The summed E-state index contributed by atoms with van der Waals surface area (Å²) < 4.78 is 0. The van der Waals surface area contributed by atoms with Gasteiger partial charge < -0.3 is 5.32 Å². The minimum absolute atomic E-state index is 0.478. The maximum Gasteiger partial charge on any atom is 0.0992 e. The first-order valence-electron chi connectivity index (χ1n) is 6.48. The van der Waals surface area contributed by atoms with Crippen molar-refractivity contribution >= 4 is 11.6 Å². The van der Waals surface area contributed by atoms with Gasteiger partial charge in [-0.15, -0.1) is 0 Å². The standard InChI is InChI=1S/C15H21ClN2/c1-4-11(2)7-12(3)18-10-14-6-5-13(9-17)8-15(14)16/h5-6,8,11-12,18H,4,7,10H2,1-3H3. The summed E-state index contributed by atoms with van der Waals surface area (Å²) in [7, 11) is 0. The highest BCUT2D eigenvalue weighted by molar-refractivity contribution is 6.31. The molecule has 2 atom stereocenters. The Labute approximate surface area is 115 Å². The Hall–Kier alpha value is -1.04. The molecule has 0 aliphatic carbocycles. The van der Waals surface area contributed by atoms with Gasteiger partial charge in [0.15, 0.2) is 0 Å². The summed E-state index contributed by atoms with van der Waals surface area (Å²) in [4.78, 5) is 0. The van der Waals surface area contributed by atoms with Crippen LogP contribution in [0.15, 0.2) is 18.2 Å². The monoisotopic (exact) mass is 264 g/mol. The molecular weight excluding hydrogens is 244 g/mol. The predicted octanol–water partition coefficient (Wildman–Crippen LogP) is 4.13. The van der Waals surface area contributed by atoms with Crippen molar-refractivity contribution in [1.29, 1.82) is 5.26 Å². The van der Waals surface area contributed by atoms with Crippen molar-refractivity contribution in [3.05, 3.63) is 34.3 Å². The van der Waals surface area contributed by atoms with Crippen molar-refractivity contribution in [3.8, 4) is 6.07 Å². The van der Waals surface area contributed by atoms with E-state index in [4.69, 9.17) is 16.9 Å². The van der Waals surface area contributed by atoms with Crippen LogP contribution in [0.2, 0.25) is 5.02 Å². The Bertz CT molecular complexity index is 423. The van der Waals surface area contributed by atoms with Gasteiger partial charge in [-0.3, -0.25) is 0 Å². The fourth-order valence-corrected chi connectivity index (χ4v) is 2.15. The van der Waals surface area contributed by atoms with E-state index in [9.17, 15) is 0 Å². The molecule has 2 nitrogen and oxygen atoms in total. The lowest BCUT2D eigenvalue weighted by Gasteiger charge is -2.18. The van der Waals surface area contributed by atoms with Gasteiger partial charge in [-0.25, -0.2) is 0 Å². The van der Waals surface area contributed by atoms with E-state index in [2.05, 4.69) is 32.2 Å². The van der Waals surface area contributed by atoms with Gasteiger partial charge in [0, 0.05) is 17.6 Å². The molecule has 0 spiro atoms. The van der Waals surface area contributed by atoms with Crippen LogP contribution in [0.3, 0.4) is 0 Å². The second-order valence-corrected chi connectivity index (χ2v) is 5.36.